The standard InChI is InChI=1S/C23H20F3NOS/c24-23(25,26)18-4-1-3-17(14-18)22(28)27-11-10-15-6-7-16-8-9-21-19(20(16)13-15)5-2-12-29-21/h1,3-4,6-9,13-14H,2,5,10-12H2,(H,27,28). The molecule has 0 aliphatic carbocycles. The molecule has 1 N–H and O–H groups in total. The Bertz CT molecular complexity index is 1060. The van der Waals surface area contributed by atoms with E-state index in [9.17, 15) is 18.0 Å². The molecule has 4 rings (SSSR count). The predicted octanol–water partition coefficient (Wildman–Crippen LogP) is 5.87. The van der Waals surface area contributed by atoms with Crippen molar-refractivity contribution in [2.24, 2.45) is 0 Å². The summed E-state index contributed by atoms with van der Waals surface area (Å²) in [5.74, 6) is 0.658. The van der Waals surface area contributed by atoms with Crippen molar-refractivity contribution in [3.63, 3.8) is 0 Å². The fraction of sp³-hybridized carbons (Fsp3) is 0.261. The summed E-state index contributed by atoms with van der Waals surface area (Å²) in [6.45, 7) is 0.365. The van der Waals surface area contributed by atoms with Crippen molar-refractivity contribution in [3.8, 4) is 0 Å². The van der Waals surface area contributed by atoms with Crippen LogP contribution in [0, 0.1) is 0 Å². The highest BCUT2D eigenvalue weighted by Crippen LogP contribution is 2.35. The monoisotopic (exact) mass is 415 g/mol. The van der Waals surface area contributed by atoms with Crippen molar-refractivity contribution in [2.75, 3.05) is 12.3 Å². The molecule has 6 heteroatoms. The third kappa shape index (κ3) is 4.42. The minimum atomic E-state index is -4.46. The fourth-order valence-corrected chi connectivity index (χ4v) is 4.71. The number of hydrogen-bond acceptors (Lipinski definition) is 2. The Morgan fingerprint density at radius 3 is 2.72 bits per heavy atom. The molecular formula is C23H20F3NOS. The lowest BCUT2D eigenvalue weighted by Crippen LogP contribution is -2.26. The molecule has 3 aromatic carbocycles. The maximum atomic E-state index is 12.8. The number of aryl methyl sites for hydroxylation is 1. The first kappa shape index (κ1) is 19.8. The van der Waals surface area contributed by atoms with E-state index in [0.717, 1.165) is 29.9 Å². The molecule has 0 bridgehead atoms. The zero-order chi connectivity index (χ0) is 20.4. The molecule has 3 aromatic rings. The van der Waals surface area contributed by atoms with E-state index in [1.54, 1.807) is 0 Å². The highest BCUT2D eigenvalue weighted by atomic mass is 32.2. The van der Waals surface area contributed by atoms with Gasteiger partial charge >= 0.3 is 6.18 Å². The van der Waals surface area contributed by atoms with Crippen molar-refractivity contribution in [1.29, 1.82) is 0 Å². The number of amides is 1. The molecule has 0 saturated heterocycles. The van der Waals surface area contributed by atoms with Crippen LogP contribution in [-0.4, -0.2) is 18.2 Å². The average Bonchev–Trinajstić information content (AvgIpc) is 2.73. The average molecular weight is 415 g/mol. The molecule has 29 heavy (non-hydrogen) atoms. The quantitative estimate of drug-likeness (QED) is 0.577. The van der Waals surface area contributed by atoms with Gasteiger partial charge in [0.1, 0.15) is 0 Å². The van der Waals surface area contributed by atoms with E-state index in [4.69, 9.17) is 0 Å². The molecule has 1 heterocycles. The number of nitrogens with one attached hydrogen (secondary N) is 1. The van der Waals surface area contributed by atoms with E-state index in [2.05, 4.69) is 29.6 Å². The molecule has 1 aliphatic heterocycles. The molecule has 1 aliphatic rings. The third-order valence-corrected chi connectivity index (χ3v) is 6.32. The highest BCUT2D eigenvalue weighted by molar-refractivity contribution is 7.99. The maximum absolute atomic E-state index is 12.8. The third-order valence-electron chi connectivity index (χ3n) is 5.13. The van der Waals surface area contributed by atoms with Crippen molar-refractivity contribution < 1.29 is 18.0 Å². The Morgan fingerprint density at radius 1 is 1.07 bits per heavy atom. The minimum absolute atomic E-state index is 0.0180. The maximum Gasteiger partial charge on any atom is 0.416 e. The number of carbonyl (C=O) groups is 1. The largest absolute Gasteiger partial charge is 0.416 e. The number of rotatable bonds is 4. The Labute approximate surface area is 171 Å². The van der Waals surface area contributed by atoms with Crippen LogP contribution < -0.4 is 5.32 Å². The van der Waals surface area contributed by atoms with Gasteiger partial charge in [-0.05, 0) is 71.2 Å². The van der Waals surface area contributed by atoms with Crippen molar-refractivity contribution in [3.05, 3.63) is 76.9 Å². The number of benzene rings is 3. The zero-order valence-corrected chi connectivity index (χ0v) is 16.5. The Balaban J connectivity index is 1.44. The number of fused-ring (bicyclic) bond motifs is 3. The lowest BCUT2D eigenvalue weighted by Gasteiger charge is -2.18. The molecular weight excluding hydrogens is 395 g/mol. The van der Waals surface area contributed by atoms with Crippen LogP contribution in [0.2, 0.25) is 0 Å². The van der Waals surface area contributed by atoms with E-state index in [1.165, 1.54) is 39.8 Å². The van der Waals surface area contributed by atoms with Crippen LogP contribution in [-0.2, 0) is 19.0 Å². The van der Waals surface area contributed by atoms with Gasteiger partial charge in [-0.3, -0.25) is 4.79 Å². The molecule has 150 valence electrons. The van der Waals surface area contributed by atoms with Crippen LogP contribution >= 0.6 is 11.8 Å². The van der Waals surface area contributed by atoms with Crippen LogP contribution in [0.1, 0.15) is 33.5 Å². The molecule has 0 aromatic heterocycles. The Morgan fingerprint density at radius 2 is 1.90 bits per heavy atom. The molecule has 0 saturated carbocycles. The second kappa shape index (κ2) is 8.11. The van der Waals surface area contributed by atoms with Crippen molar-refractivity contribution >= 4 is 28.4 Å². The second-order valence-corrected chi connectivity index (χ2v) is 8.27. The molecule has 1 amide bonds. The first-order chi connectivity index (χ1) is 13.9. The summed E-state index contributed by atoms with van der Waals surface area (Å²) in [5.41, 5.74) is 1.70. The van der Waals surface area contributed by atoms with Gasteiger partial charge in [-0.2, -0.15) is 13.2 Å². The summed E-state index contributed by atoms with van der Waals surface area (Å²) in [7, 11) is 0. The van der Waals surface area contributed by atoms with Crippen LogP contribution in [0.15, 0.2) is 59.5 Å². The lowest BCUT2D eigenvalue weighted by molar-refractivity contribution is -0.137. The summed E-state index contributed by atoms with van der Waals surface area (Å²) < 4.78 is 38.5. The highest BCUT2D eigenvalue weighted by Gasteiger charge is 2.30. The fourth-order valence-electron chi connectivity index (χ4n) is 3.65. The van der Waals surface area contributed by atoms with E-state index in [0.29, 0.717) is 13.0 Å². The summed E-state index contributed by atoms with van der Waals surface area (Å²) in [5, 5.41) is 5.20. The first-order valence-corrected chi connectivity index (χ1v) is 10.5. The second-order valence-electron chi connectivity index (χ2n) is 7.13. The SMILES string of the molecule is O=C(NCCc1ccc2ccc3c(c2c1)CCCS3)c1cccc(C(F)(F)F)c1. The van der Waals surface area contributed by atoms with Gasteiger partial charge in [0.2, 0.25) is 0 Å². The molecule has 2 nitrogen and oxygen atoms in total. The van der Waals surface area contributed by atoms with Gasteiger partial charge < -0.3 is 5.32 Å². The lowest BCUT2D eigenvalue weighted by atomic mass is 9.98. The van der Waals surface area contributed by atoms with E-state index < -0.39 is 17.6 Å². The van der Waals surface area contributed by atoms with Crippen LogP contribution in [0.5, 0.6) is 0 Å². The molecule has 0 atom stereocenters. The minimum Gasteiger partial charge on any atom is -0.352 e. The Kier molecular flexibility index (Phi) is 5.54. The normalized spacial score (nSPS) is 13.9. The zero-order valence-electron chi connectivity index (χ0n) is 15.7. The van der Waals surface area contributed by atoms with Gasteiger partial charge in [-0.15, -0.1) is 11.8 Å². The first-order valence-electron chi connectivity index (χ1n) is 9.54. The topological polar surface area (TPSA) is 29.1 Å². The van der Waals surface area contributed by atoms with Crippen LogP contribution in [0.4, 0.5) is 13.2 Å². The summed E-state index contributed by atoms with van der Waals surface area (Å²) >= 11 is 1.89. The summed E-state index contributed by atoms with van der Waals surface area (Å²) in [6, 6.07) is 15.1. The van der Waals surface area contributed by atoms with Gasteiger partial charge in [-0.25, -0.2) is 0 Å². The van der Waals surface area contributed by atoms with Gasteiger partial charge in [0.25, 0.3) is 5.91 Å². The van der Waals surface area contributed by atoms with Gasteiger partial charge in [0.05, 0.1) is 5.56 Å². The van der Waals surface area contributed by atoms with Gasteiger partial charge in [-0.1, -0.05) is 30.3 Å². The van der Waals surface area contributed by atoms with E-state index >= 15 is 0 Å². The Hall–Kier alpha value is -2.47. The van der Waals surface area contributed by atoms with Crippen molar-refractivity contribution in [1.82, 2.24) is 5.32 Å². The molecule has 0 unspecified atom stereocenters. The van der Waals surface area contributed by atoms with Crippen molar-refractivity contribution in [2.45, 2.75) is 30.3 Å². The van der Waals surface area contributed by atoms with Crippen LogP contribution in [0.25, 0.3) is 10.8 Å². The van der Waals surface area contributed by atoms with E-state index in [1.807, 2.05) is 17.8 Å². The molecule has 0 fully saturated rings. The summed E-state index contributed by atoms with van der Waals surface area (Å²) in [6.07, 6.45) is -1.58. The molecule has 0 spiro atoms. The van der Waals surface area contributed by atoms with Gasteiger partial charge in [0, 0.05) is 17.0 Å². The number of thioether (sulfide) groups is 1. The number of hydrogen-bond donors (Lipinski definition) is 1. The van der Waals surface area contributed by atoms with Crippen LogP contribution in [0.3, 0.4) is 0 Å². The number of carbonyl (C=O) groups excluding carboxylic acids is 1. The van der Waals surface area contributed by atoms with E-state index in [-0.39, 0.29) is 5.56 Å². The number of alkyl halides is 3. The summed E-state index contributed by atoms with van der Waals surface area (Å²) in [4.78, 5) is 13.6. The van der Waals surface area contributed by atoms with Gasteiger partial charge in [0.15, 0.2) is 0 Å². The smallest absolute Gasteiger partial charge is 0.352 e. The predicted molar refractivity (Wildman–Crippen MR) is 110 cm³/mol. The molecule has 0 radical (unpaired) electrons. The number of halogens is 3.